The standard InChI is InChI=1S/C11H12O4/c1-4-5-8(12)11-7(2)15-10(13)6-9(11)14-3/h4-6H,1-3H3. The smallest absolute Gasteiger partial charge is 0.339 e. The summed E-state index contributed by atoms with van der Waals surface area (Å²) in [7, 11) is 1.40. The van der Waals surface area contributed by atoms with Crippen LogP contribution in [0.3, 0.4) is 0 Å². The molecular formula is C11H12O4. The third kappa shape index (κ3) is 2.34. The van der Waals surface area contributed by atoms with Crippen LogP contribution in [0.5, 0.6) is 5.75 Å². The van der Waals surface area contributed by atoms with Gasteiger partial charge in [0.15, 0.2) is 5.78 Å². The molecule has 0 saturated carbocycles. The maximum Gasteiger partial charge on any atom is 0.339 e. The zero-order valence-corrected chi connectivity index (χ0v) is 8.87. The van der Waals surface area contributed by atoms with Crippen molar-refractivity contribution in [3.8, 4) is 5.75 Å². The predicted octanol–water partition coefficient (Wildman–Crippen LogP) is 1.72. The summed E-state index contributed by atoms with van der Waals surface area (Å²) < 4.78 is 9.79. The lowest BCUT2D eigenvalue weighted by Gasteiger charge is -2.06. The van der Waals surface area contributed by atoms with Crippen LogP contribution in [0.4, 0.5) is 0 Å². The zero-order chi connectivity index (χ0) is 11.4. The highest BCUT2D eigenvalue weighted by atomic mass is 16.5. The molecule has 0 aromatic carbocycles. The van der Waals surface area contributed by atoms with Crippen LogP contribution in [0, 0.1) is 6.92 Å². The molecule has 80 valence electrons. The molecule has 15 heavy (non-hydrogen) atoms. The van der Waals surface area contributed by atoms with E-state index in [-0.39, 0.29) is 22.9 Å². The summed E-state index contributed by atoms with van der Waals surface area (Å²) >= 11 is 0. The molecular weight excluding hydrogens is 196 g/mol. The minimum absolute atomic E-state index is 0.240. The summed E-state index contributed by atoms with van der Waals surface area (Å²) in [4.78, 5) is 22.7. The van der Waals surface area contributed by atoms with Crippen LogP contribution >= 0.6 is 0 Å². The molecule has 0 atom stereocenters. The van der Waals surface area contributed by atoms with Gasteiger partial charge in [0.05, 0.1) is 13.2 Å². The maximum atomic E-state index is 11.6. The van der Waals surface area contributed by atoms with E-state index in [4.69, 9.17) is 9.15 Å². The van der Waals surface area contributed by atoms with E-state index in [0.29, 0.717) is 0 Å². The number of carbonyl (C=O) groups excluding carboxylic acids is 1. The topological polar surface area (TPSA) is 56.5 Å². The number of hydrogen-bond acceptors (Lipinski definition) is 4. The number of rotatable bonds is 3. The summed E-state index contributed by atoms with van der Waals surface area (Å²) in [6.07, 6.45) is 3.01. The molecule has 0 unspecified atom stereocenters. The Kier molecular flexibility index (Phi) is 3.44. The minimum atomic E-state index is -0.527. The lowest BCUT2D eigenvalue weighted by atomic mass is 10.1. The zero-order valence-electron chi connectivity index (χ0n) is 8.87. The molecule has 0 N–H and O–H groups in total. The van der Waals surface area contributed by atoms with Crippen LogP contribution in [0.25, 0.3) is 0 Å². The van der Waals surface area contributed by atoms with Gasteiger partial charge >= 0.3 is 5.63 Å². The Hall–Kier alpha value is -1.84. The van der Waals surface area contributed by atoms with Gasteiger partial charge in [-0.05, 0) is 19.9 Å². The molecule has 0 saturated heterocycles. The fourth-order valence-corrected chi connectivity index (χ4v) is 1.27. The van der Waals surface area contributed by atoms with Crippen molar-refractivity contribution in [1.82, 2.24) is 0 Å². The van der Waals surface area contributed by atoms with E-state index in [1.165, 1.54) is 13.2 Å². The largest absolute Gasteiger partial charge is 0.496 e. The SMILES string of the molecule is CC=CC(=O)c1c(OC)cc(=O)oc1C. The van der Waals surface area contributed by atoms with Crippen molar-refractivity contribution in [2.24, 2.45) is 0 Å². The monoisotopic (exact) mass is 208 g/mol. The van der Waals surface area contributed by atoms with Crippen molar-refractivity contribution in [2.45, 2.75) is 13.8 Å². The summed E-state index contributed by atoms with van der Waals surface area (Å²) in [5.41, 5.74) is -0.239. The molecule has 0 aliphatic heterocycles. The third-order valence-corrected chi connectivity index (χ3v) is 1.89. The van der Waals surface area contributed by atoms with Gasteiger partial charge in [-0.15, -0.1) is 0 Å². The first-order valence-electron chi connectivity index (χ1n) is 4.46. The highest BCUT2D eigenvalue weighted by Crippen LogP contribution is 2.20. The first-order chi connectivity index (χ1) is 7.10. The molecule has 0 radical (unpaired) electrons. The van der Waals surface area contributed by atoms with E-state index in [1.807, 2.05) is 0 Å². The maximum absolute atomic E-state index is 11.6. The second-order valence-corrected chi connectivity index (χ2v) is 2.93. The van der Waals surface area contributed by atoms with E-state index < -0.39 is 5.63 Å². The number of hydrogen-bond donors (Lipinski definition) is 0. The Bertz CT molecular complexity index is 454. The molecule has 1 heterocycles. The Labute approximate surface area is 87.2 Å². The second-order valence-electron chi connectivity index (χ2n) is 2.93. The molecule has 0 amide bonds. The molecule has 0 fully saturated rings. The highest BCUT2D eigenvalue weighted by molar-refractivity contribution is 6.07. The van der Waals surface area contributed by atoms with Crippen LogP contribution in [0.1, 0.15) is 23.0 Å². The van der Waals surface area contributed by atoms with Gasteiger partial charge in [-0.2, -0.15) is 0 Å². The predicted molar refractivity (Wildman–Crippen MR) is 55.4 cm³/mol. The van der Waals surface area contributed by atoms with Gasteiger partial charge in [0.1, 0.15) is 17.1 Å². The van der Waals surface area contributed by atoms with Gasteiger partial charge < -0.3 is 9.15 Å². The Morgan fingerprint density at radius 1 is 1.53 bits per heavy atom. The number of methoxy groups -OCH3 is 1. The van der Waals surface area contributed by atoms with Gasteiger partial charge in [0.25, 0.3) is 0 Å². The molecule has 4 nitrogen and oxygen atoms in total. The Morgan fingerprint density at radius 3 is 2.73 bits per heavy atom. The molecule has 1 aromatic rings. The van der Waals surface area contributed by atoms with Crippen molar-refractivity contribution in [2.75, 3.05) is 7.11 Å². The summed E-state index contributed by atoms with van der Waals surface area (Å²) in [5, 5.41) is 0. The average Bonchev–Trinajstić information content (AvgIpc) is 2.16. The minimum Gasteiger partial charge on any atom is -0.496 e. The molecule has 1 aromatic heterocycles. The second kappa shape index (κ2) is 4.59. The van der Waals surface area contributed by atoms with Gasteiger partial charge in [0.2, 0.25) is 0 Å². The van der Waals surface area contributed by atoms with Gasteiger partial charge in [-0.1, -0.05) is 6.08 Å². The van der Waals surface area contributed by atoms with Crippen LogP contribution in [0.2, 0.25) is 0 Å². The number of ketones is 1. The molecule has 0 spiro atoms. The first kappa shape index (κ1) is 11.2. The summed E-state index contributed by atoms with van der Waals surface area (Å²) in [6.45, 7) is 3.29. The fraction of sp³-hybridized carbons (Fsp3) is 0.273. The van der Waals surface area contributed by atoms with Crippen molar-refractivity contribution in [3.63, 3.8) is 0 Å². The number of ether oxygens (including phenoxy) is 1. The quantitative estimate of drug-likeness (QED) is 0.560. The van der Waals surface area contributed by atoms with Crippen LogP contribution in [0.15, 0.2) is 27.4 Å². The molecule has 4 heteroatoms. The lowest BCUT2D eigenvalue weighted by Crippen LogP contribution is -2.08. The molecule has 0 aliphatic rings. The Balaban J connectivity index is 3.39. The van der Waals surface area contributed by atoms with E-state index >= 15 is 0 Å². The average molecular weight is 208 g/mol. The normalized spacial score (nSPS) is 10.6. The lowest BCUT2D eigenvalue weighted by molar-refractivity contribution is 0.104. The molecule has 0 aliphatic carbocycles. The van der Waals surface area contributed by atoms with E-state index in [1.54, 1.807) is 19.9 Å². The van der Waals surface area contributed by atoms with Gasteiger partial charge in [-0.3, -0.25) is 4.79 Å². The van der Waals surface area contributed by atoms with Gasteiger partial charge in [0, 0.05) is 0 Å². The molecule has 1 rings (SSSR count). The van der Waals surface area contributed by atoms with E-state index in [0.717, 1.165) is 6.07 Å². The number of carbonyl (C=O) groups is 1. The highest BCUT2D eigenvalue weighted by Gasteiger charge is 2.15. The third-order valence-electron chi connectivity index (χ3n) is 1.89. The summed E-state index contributed by atoms with van der Waals surface area (Å²) in [5.74, 6) is 0.268. The first-order valence-corrected chi connectivity index (χ1v) is 4.46. The van der Waals surface area contributed by atoms with Gasteiger partial charge in [-0.25, -0.2) is 4.79 Å². The van der Waals surface area contributed by atoms with Crippen molar-refractivity contribution in [1.29, 1.82) is 0 Å². The van der Waals surface area contributed by atoms with Crippen LogP contribution in [-0.2, 0) is 0 Å². The Morgan fingerprint density at radius 2 is 2.20 bits per heavy atom. The summed E-state index contributed by atoms with van der Waals surface area (Å²) in [6, 6.07) is 1.16. The van der Waals surface area contributed by atoms with E-state index in [2.05, 4.69) is 0 Å². The number of aryl methyl sites for hydroxylation is 1. The number of allylic oxidation sites excluding steroid dienone is 2. The van der Waals surface area contributed by atoms with Crippen LogP contribution < -0.4 is 10.4 Å². The van der Waals surface area contributed by atoms with Crippen molar-refractivity contribution in [3.05, 3.63) is 40.0 Å². The molecule has 0 bridgehead atoms. The van der Waals surface area contributed by atoms with Crippen LogP contribution in [-0.4, -0.2) is 12.9 Å². The van der Waals surface area contributed by atoms with Crippen molar-refractivity contribution < 1.29 is 13.9 Å². The van der Waals surface area contributed by atoms with E-state index in [9.17, 15) is 9.59 Å². The van der Waals surface area contributed by atoms with Crippen molar-refractivity contribution >= 4 is 5.78 Å². The fourth-order valence-electron chi connectivity index (χ4n) is 1.27.